The van der Waals surface area contributed by atoms with Crippen molar-refractivity contribution in [1.29, 1.82) is 0 Å². The van der Waals surface area contributed by atoms with Gasteiger partial charge in [-0.1, -0.05) is 18.1 Å². The first kappa shape index (κ1) is 20.4. The zero-order chi connectivity index (χ0) is 20.1. The average Bonchev–Trinajstić information content (AvgIpc) is 3.23. The van der Waals surface area contributed by atoms with Gasteiger partial charge in [0.15, 0.2) is 0 Å². The summed E-state index contributed by atoms with van der Waals surface area (Å²) in [6, 6.07) is 0. The van der Waals surface area contributed by atoms with Crippen LogP contribution in [0.2, 0.25) is 0 Å². The van der Waals surface area contributed by atoms with Crippen molar-refractivity contribution in [2.75, 3.05) is 33.9 Å². The van der Waals surface area contributed by atoms with Gasteiger partial charge in [-0.3, -0.25) is 4.79 Å². The van der Waals surface area contributed by atoms with Gasteiger partial charge < -0.3 is 19.8 Å². The number of hydrogen-bond acceptors (Lipinski definition) is 5. The molecule has 0 radical (unpaired) electrons. The highest BCUT2D eigenvalue weighted by atomic mass is 16.5. The molecule has 0 aromatic rings. The largest absolute Gasteiger partial charge is 0.469 e. The molecule has 1 aliphatic heterocycles. The number of likely N-dealkylation sites (tertiary alicyclic amines) is 1. The first-order valence-electron chi connectivity index (χ1n) is 11.2. The maximum absolute atomic E-state index is 12.7. The van der Waals surface area contributed by atoms with Crippen molar-refractivity contribution in [3.63, 3.8) is 0 Å². The number of esters is 1. The lowest BCUT2D eigenvalue weighted by Gasteiger charge is -2.59. The van der Waals surface area contributed by atoms with Crippen molar-refractivity contribution in [2.24, 2.45) is 28.6 Å². The Kier molecular flexibility index (Phi) is 5.39. The molecule has 1 heterocycles. The Balaban J connectivity index is 1.83. The summed E-state index contributed by atoms with van der Waals surface area (Å²) in [6.07, 6.45) is 7.19. The van der Waals surface area contributed by atoms with Crippen molar-refractivity contribution < 1.29 is 19.7 Å². The second kappa shape index (κ2) is 7.41. The summed E-state index contributed by atoms with van der Waals surface area (Å²) in [5.74, 6) is 0.536. The summed E-state index contributed by atoms with van der Waals surface area (Å²) in [7, 11) is 3.70. The summed E-state index contributed by atoms with van der Waals surface area (Å²) < 4.78 is 5.22. The van der Waals surface area contributed by atoms with Crippen LogP contribution in [0.4, 0.5) is 0 Å². The van der Waals surface area contributed by atoms with Gasteiger partial charge >= 0.3 is 5.97 Å². The van der Waals surface area contributed by atoms with Gasteiger partial charge in [0, 0.05) is 30.5 Å². The number of allylic oxidation sites excluding steroid dienone is 1. The highest BCUT2D eigenvalue weighted by molar-refractivity contribution is 5.75. The third kappa shape index (κ3) is 2.73. The molecule has 2 bridgehead atoms. The van der Waals surface area contributed by atoms with E-state index in [0.29, 0.717) is 5.92 Å². The second-order valence-corrected chi connectivity index (χ2v) is 9.93. The quantitative estimate of drug-likeness (QED) is 0.538. The molecule has 4 rings (SSSR count). The molecule has 0 aromatic carbocycles. The number of nitrogens with zero attached hydrogens (tertiary/aromatic N) is 1. The minimum atomic E-state index is -0.313. The number of hydrogen-bond donors (Lipinski definition) is 2. The van der Waals surface area contributed by atoms with Crippen molar-refractivity contribution in [3.8, 4) is 0 Å². The molecule has 1 saturated carbocycles. The lowest BCUT2D eigenvalue weighted by atomic mass is 9.51. The first-order chi connectivity index (χ1) is 13.4. The zero-order valence-electron chi connectivity index (χ0n) is 17.7. The van der Waals surface area contributed by atoms with Gasteiger partial charge in [-0.05, 0) is 70.3 Å². The van der Waals surface area contributed by atoms with Gasteiger partial charge in [-0.2, -0.15) is 0 Å². The lowest BCUT2D eigenvalue weighted by Crippen LogP contribution is -2.61. The Morgan fingerprint density at radius 1 is 1.36 bits per heavy atom. The molecule has 3 aliphatic carbocycles. The Hall–Kier alpha value is -0.910. The summed E-state index contributed by atoms with van der Waals surface area (Å²) in [5.41, 5.74) is 2.69. The number of ether oxygens (including phenoxy) is 1. The maximum atomic E-state index is 12.7. The van der Waals surface area contributed by atoms with Crippen LogP contribution in [0.25, 0.3) is 0 Å². The van der Waals surface area contributed by atoms with Gasteiger partial charge in [0.25, 0.3) is 0 Å². The SMILES string of the molecule is CC[C@H](O)CC[C@]1(CO)[C@H]2CCC3=C4[C@@H](CC3)[C@@H](C(=O)OC)C[C@]41CN(C)C2. The van der Waals surface area contributed by atoms with E-state index >= 15 is 0 Å². The molecule has 0 aromatic heterocycles. The van der Waals surface area contributed by atoms with Crippen molar-refractivity contribution in [3.05, 3.63) is 11.1 Å². The molecule has 1 saturated heterocycles. The molecule has 2 fully saturated rings. The third-order valence-corrected chi connectivity index (χ3v) is 8.86. The fourth-order valence-electron chi connectivity index (χ4n) is 7.65. The average molecular weight is 392 g/mol. The van der Waals surface area contributed by atoms with Gasteiger partial charge in [0.05, 0.1) is 19.1 Å². The fourth-order valence-corrected chi connectivity index (χ4v) is 7.65. The van der Waals surface area contributed by atoms with Crippen LogP contribution < -0.4 is 0 Å². The predicted octanol–water partition coefficient (Wildman–Crippen LogP) is 2.76. The van der Waals surface area contributed by atoms with Crippen LogP contribution in [0.3, 0.4) is 0 Å². The molecule has 158 valence electrons. The van der Waals surface area contributed by atoms with E-state index in [-0.39, 0.29) is 41.3 Å². The van der Waals surface area contributed by atoms with E-state index in [9.17, 15) is 15.0 Å². The molecule has 0 unspecified atom stereocenters. The number of rotatable bonds is 6. The number of carbonyl (C=O) groups is 1. The van der Waals surface area contributed by atoms with Crippen molar-refractivity contribution >= 4 is 5.97 Å². The summed E-state index contributed by atoms with van der Waals surface area (Å²) in [5, 5.41) is 21.3. The Morgan fingerprint density at radius 3 is 2.79 bits per heavy atom. The van der Waals surface area contributed by atoms with E-state index in [1.807, 2.05) is 6.92 Å². The van der Waals surface area contributed by atoms with E-state index in [2.05, 4.69) is 11.9 Å². The second-order valence-electron chi connectivity index (χ2n) is 9.93. The topological polar surface area (TPSA) is 70.0 Å². The molecule has 4 aliphatic rings. The van der Waals surface area contributed by atoms with Crippen LogP contribution in [-0.4, -0.2) is 61.0 Å². The standard InChI is InChI=1S/C23H37NO4/c1-4-17(26)9-10-22(14-25)16-7-5-15-6-8-18-19(21(27)28-3)11-23(22,20(15)18)13-24(2)12-16/h16-19,25-26H,4-14H2,1-3H3/t16-,17-,18-,19-,22-,23-/m0/s1. The van der Waals surface area contributed by atoms with Crippen LogP contribution in [-0.2, 0) is 9.53 Å². The minimum absolute atomic E-state index is 0.0774. The highest BCUT2D eigenvalue weighted by Crippen LogP contribution is 2.70. The van der Waals surface area contributed by atoms with Crippen LogP contribution in [0.15, 0.2) is 11.1 Å². The minimum Gasteiger partial charge on any atom is -0.469 e. The van der Waals surface area contributed by atoms with Gasteiger partial charge in [0.1, 0.15) is 0 Å². The van der Waals surface area contributed by atoms with E-state index in [4.69, 9.17) is 4.74 Å². The van der Waals surface area contributed by atoms with Gasteiger partial charge in [-0.25, -0.2) is 0 Å². The van der Waals surface area contributed by atoms with Gasteiger partial charge in [0.2, 0.25) is 0 Å². The molecule has 5 heteroatoms. The molecule has 0 amide bonds. The molecule has 5 nitrogen and oxygen atoms in total. The zero-order valence-corrected chi connectivity index (χ0v) is 17.7. The van der Waals surface area contributed by atoms with E-state index in [1.165, 1.54) is 12.7 Å². The van der Waals surface area contributed by atoms with E-state index in [0.717, 1.165) is 64.5 Å². The maximum Gasteiger partial charge on any atom is 0.309 e. The normalized spacial score (nSPS) is 41.0. The number of carbonyl (C=O) groups excluding carboxylic acids is 1. The molecule has 28 heavy (non-hydrogen) atoms. The summed E-state index contributed by atoms with van der Waals surface area (Å²) in [4.78, 5) is 15.2. The first-order valence-corrected chi connectivity index (χ1v) is 11.2. The van der Waals surface area contributed by atoms with Gasteiger partial charge in [-0.15, -0.1) is 0 Å². The monoisotopic (exact) mass is 391 g/mol. The van der Waals surface area contributed by atoms with Crippen molar-refractivity contribution in [1.82, 2.24) is 4.90 Å². The van der Waals surface area contributed by atoms with Crippen LogP contribution in [0, 0.1) is 28.6 Å². The smallest absolute Gasteiger partial charge is 0.309 e. The van der Waals surface area contributed by atoms with Crippen LogP contribution in [0.5, 0.6) is 0 Å². The Bertz CT molecular complexity index is 661. The van der Waals surface area contributed by atoms with Crippen LogP contribution >= 0.6 is 0 Å². The molecule has 2 N–H and O–H groups in total. The number of aliphatic hydroxyl groups excluding tert-OH is 2. The lowest BCUT2D eigenvalue weighted by molar-refractivity contribution is -0.149. The van der Waals surface area contributed by atoms with Crippen LogP contribution in [0.1, 0.15) is 58.3 Å². The molecule has 6 atom stereocenters. The Labute approximate surface area is 169 Å². The van der Waals surface area contributed by atoms with E-state index in [1.54, 1.807) is 5.57 Å². The van der Waals surface area contributed by atoms with E-state index < -0.39 is 0 Å². The predicted molar refractivity (Wildman–Crippen MR) is 108 cm³/mol. The number of piperidine rings is 1. The summed E-state index contributed by atoms with van der Waals surface area (Å²) in [6.45, 7) is 4.08. The summed E-state index contributed by atoms with van der Waals surface area (Å²) >= 11 is 0. The molecular formula is C23H37NO4. The Morgan fingerprint density at radius 2 is 2.11 bits per heavy atom. The molecular weight excluding hydrogens is 354 g/mol. The number of methoxy groups -OCH3 is 1. The van der Waals surface area contributed by atoms with Crippen molar-refractivity contribution in [2.45, 2.75) is 64.4 Å². The fraction of sp³-hybridized carbons (Fsp3) is 0.870. The molecule has 1 spiro atoms. The number of fused-ring (bicyclic) bond motifs is 1. The number of aliphatic hydroxyl groups is 2. The highest BCUT2D eigenvalue weighted by Gasteiger charge is 2.67. The third-order valence-electron chi connectivity index (χ3n) is 8.86.